The minimum Gasteiger partial charge on any atom is -0.465 e. The Balaban J connectivity index is 1.67. The molecule has 8 heteroatoms. The van der Waals surface area contributed by atoms with Crippen LogP contribution in [0.2, 0.25) is 0 Å². The second kappa shape index (κ2) is 9.54. The quantitative estimate of drug-likeness (QED) is 0.529. The van der Waals surface area contributed by atoms with Gasteiger partial charge in [0.1, 0.15) is 11.3 Å². The van der Waals surface area contributed by atoms with E-state index >= 15 is 0 Å². The molecule has 33 heavy (non-hydrogen) atoms. The van der Waals surface area contributed by atoms with Gasteiger partial charge in [0.2, 0.25) is 5.88 Å². The Labute approximate surface area is 192 Å². The van der Waals surface area contributed by atoms with Gasteiger partial charge >= 0.3 is 5.97 Å². The Morgan fingerprint density at radius 1 is 1.18 bits per heavy atom. The molecule has 3 heterocycles. The Kier molecular flexibility index (Phi) is 6.55. The van der Waals surface area contributed by atoms with Gasteiger partial charge in [-0.1, -0.05) is 6.07 Å². The summed E-state index contributed by atoms with van der Waals surface area (Å²) in [5, 5.41) is 4.59. The van der Waals surface area contributed by atoms with Gasteiger partial charge < -0.3 is 14.2 Å². The highest BCUT2D eigenvalue weighted by Crippen LogP contribution is 2.32. The fourth-order valence-corrected chi connectivity index (χ4v) is 4.15. The monoisotopic (exact) mass is 449 g/mol. The van der Waals surface area contributed by atoms with Gasteiger partial charge in [-0.25, -0.2) is 14.5 Å². The number of carbonyl (C=O) groups excluding carboxylic acids is 1. The summed E-state index contributed by atoms with van der Waals surface area (Å²) < 4.78 is 17.9. The van der Waals surface area contributed by atoms with Crippen molar-refractivity contribution in [2.45, 2.75) is 46.3 Å². The number of benzene rings is 1. The summed E-state index contributed by atoms with van der Waals surface area (Å²) in [5.41, 5.74) is 4.10. The van der Waals surface area contributed by atoms with E-state index in [1.165, 1.54) is 11.8 Å². The SMILES string of the molecule is COC(=O)c1cccnc1Oc1ccc(-c2c(C)nn(C3CCCCO3)c(=O)c2C)c(C)c1. The van der Waals surface area contributed by atoms with Gasteiger partial charge in [-0.05, 0) is 75.4 Å². The highest BCUT2D eigenvalue weighted by atomic mass is 16.5. The van der Waals surface area contributed by atoms with E-state index in [0.717, 1.165) is 41.6 Å². The van der Waals surface area contributed by atoms with Gasteiger partial charge in [-0.15, -0.1) is 0 Å². The minimum atomic E-state index is -0.522. The third-order valence-corrected chi connectivity index (χ3v) is 5.81. The van der Waals surface area contributed by atoms with E-state index in [0.29, 0.717) is 17.9 Å². The number of aryl methyl sites for hydroxylation is 2. The molecule has 0 amide bonds. The van der Waals surface area contributed by atoms with E-state index in [9.17, 15) is 9.59 Å². The number of hydrogen-bond donors (Lipinski definition) is 0. The first kappa shape index (κ1) is 22.7. The van der Waals surface area contributed by atoms with Crippen molar-refractivity contribution in [3.8, 4) is 22.8 Å². The molecule has 0 saturated carbocycles. The maximum absolute atomic E-state index is 13.1. The van der Waals surface area contributed by atoms with Crippen molar-refractivity contribution < 1.29 is 19.0 Å². The summed E-state index contributed by atoms with van der Waals surface area (Å²) in [5.74, 6) is 0.166. The van der Waals surface area contributed by atoms with E-state index in [4.69, 9.17) is 14.2 Å². The fourth-order valence-electron chi connectivity index (χ4n) is 4.15. The lowest BCUT2D eigenvalue weighted by Gasteiger charge is -2.25. The van der Waals surface area contributed by atoms with Crippen LogP contribution in [0.5, 0.6) is 11.6 Å². The maximum Gasteiger partial charge on any atom is 0.343 e. The summed E-state index contributed by atoms with van der Waals surface area (Å²) in [7, 11) is 1.31. The standard InChI is InChI=1S/C25H27N3O5/c1-15-14-18(33-23-20(25(30)31-4)8-7-12-26-23)10-11-19(15)22-16(2)24(29)28(27-17(22)3)21-9-5-6-13-32-21/h7-8,10-12,14,21H,5-6,9,13H2,1-4H3. The van der Waals surface area contributed by atoms with Gasteiger partial charge in [-0.3, -0.25) is 4.79 Å². The second-order valence-corrected chi connectivity index (χ2v) is 8.08. The lowest BCUT2D eigenvalue weighted by atomic mass is 9.96. The van der Waals surface area contributed by atoms with Crippen LogP contribution in [-0.2, 0) is 9.47 Å². The number of pyridine rings is 1. The number of hydrogen-bond acceptors (Lipinski definition) is 7. The van der Waals surface area contributed by atoms with Crippen molar-refractivity contribution in [1.82, 2.24) is 14.8 Å². The Morgan fingerprint density at radius 2 is 2.00 bits per heavy atom. The maximum atomic E-state index is 13.1. The molecular formula is C25H27N3O5. The van der Waals surface area contributed by atoms with Crippen molar-refractivity contribution >= 4 is 5.97 Å². The molecule has 1 aromatic carbocycles. The number of nitrogens with zero attached hydrogens (tertiary/aromatic N) is 3. The molecule has 4 rings (SSSR count). The lowest BCUT2D eigenvalue weighted by molar-refractivity contribution is -0.0428. The Hall–Kier alpha value is -3.52. The number of ether oxygens (including phenoxy) is 3. The van der Waals surface area contributed by atoms with Crippen molar-refractivity contribution in [3.05, 3.63) is 69.3 Å². The molecule has 1 aliphatic rings. The Morgan fingerprint density at radius 3 is 2.70 bits per heavy atom. The normalized spacial score (nSPS) is 15.8. The van der Waals surface area contributed by atoms with E-state index in [1.807, 2.05) is 32.9 Å². The first-order valence-corrected chi connectivity index (χ1v) is 10.9. The summed E-state index contributed by atoms with van der Waals surface area (Å²) in [6, 6.07) is 8.77. The average Bonchev–Trinajstić information content (AvgIpc) is 2.83. The van der Waals surface area contributed by atoms with E-state index < -0.39 is 5.97 Å². The van der Waals surface area contributed by atoms with Crippen LogP contribution in [0.1, 0.15) is 52.7 Å². The van der Waals surface area contributed by atoms with Gasteiger partial charge in [0.25, 0.3) is 5.56 Å². The molecule has 1 aliphatic heterocycles. The average molecular weight is 450 g/mol. The van der Waals surface area contributed by atoms with Crippen LogP contribution in [0.4, 0.5) is 0 Å². The number of methoxy groups -OCH3 is 1. The first-order valence-electron chi connectivity index (χ1n) is 10.9. The number of rotatable bonds is 5. The molecule has 172 valence electrons. The van der Waals surface area contributed by atoms with E-state index in [1.54, 1.807) is 24.4 Å². The van der Waals surface area contributed by atoms with Crippen molar-refractivity contribution in [3.63, 3.8) is 0 Å². The number of carbonyl (C=O) groups is 1. The molecule has 0 bridgehead atoms. The molecule has 2 aromatic heterocycles. The van der Waals surface area contributed by atoms with Crippen LogP contribution in [0.25, 0.3) is 11.1 Å². The molecular weight excluding hydrogens is 422 g/mol. The van der Waals surface area contributed by atoms with Gasteiger partial charge in [0, 0.05) is 23.9 Å². The van der Waals surface area contributed by atoms with Gasteiger partial charge in [-0.2, -0.15) is 5.10 Å². The van der Waals surface area contributed by atoms with E-state index in [-0.39, 0.29) is 23.2 Å². The van der Waals surface area contributed by atoms with Crippen molar-refractivity contribution in [2.24, 2.45) is 0 Å². The second-order valence-electron chi connectivity index (χ2n) is 8.08. The highest BCUT2D eigenvalue weighted by Gasteiger charge is 2.22. The first-order chi connectivity index (χ1) is 15.9. The molecule has 0 radical (unpaired) electrons. The zero-order chi connectivity index (χ0) is 23.5. The smallest absolute Gasteiger partial charge is 0.343 e. The predicted octanol–water partition coefficient (Wildman–Crippen LogP) is 4.51. The van der Waals surface area contributed by atoms with Crippen LogP contribution >= 0.6 is 0 Å². The molecule has 1 fully saturated rings. The Bertz CT molecular complexity index is 1250. The zero-order valence-corrected chi connectivity index (χ0v) is 19.3. The van der Waals surface area contributed by atoms with Crippen LogP contribution in [0.3, 0.4) is 0 Å². The predicted molar refractivity (Wildman–Crippen MR) is 123 cm³/mol. The molecule has 3 aromatic rings. The molecule has 0 spiro atoms. The van der Waals surface area contributed by atoms with Crippen LogP contribution in [0, 0.1) is 20.8 Å². The number of aromatic nitrogens is 3. The zero-order valence-electron chi connectivity index (χ0n) is 19.3. The van der Waals surface area contributed by atoms with Crippen LogP contribution < -0.4 is 10.3 Å². The molecule has 1 atom stereocenters. The molecule has 1 saturated heterocycles. The van der Waals surface area contributed by atoms with Gasteiger partial charge in [0.05, 0.1) is 12.8 Å². The molecule has 0 aliphatic carbocycles. The fraction of sp³-hybridized carbons (Fsp3) is 0.360. The molecule has 8 nitrogen and oxygen atoms in total. The number of esters is 1. The summed E-state index contributed by atoms with van der Waals surface area (Å²) in [4.78, 5) is 29.3. The largest absolute Gasteiger partial charge is 0.465 e. The topological polar surface area (TPSA) is 92.5 Å². The summed E-state index contributed by atoms with van der Waals surface area (Å²) in [6.07, 6.45) is 4.06. The third-order valence-electron chi connectivity index (χ3n) is 5.81. The highest BCUT2D eigenvalue weighted by molar-refractivity contribution is 5.91. The lowest BCUT2D eigenvalue weighted by Crippen LogP contribution is -2.33. The summed E-state index contributed by atoms with van der Waals surface area (Å²) >= 11 is 0. The van der Waals surface area contributed by atoms with Crippen molar-refractivity contribution in [2.75, 3.05) is 13.7 Å². The van der Waals surface area contributed by atoms with Gasteiger partial charge in [0.15, 0.2) is 6.23 Å². The van der Waals surface area contributed by atoms with E-state index in [2.05, 4.69) is 10.1 Å². The van der Waals surface area contributed by atoms with Crippen LogP contribution in [0.15, 0.2) is 41.3 Å². The molecule has 0 N–H and O–H groups in total. The summed E-state index contributed by atoms with van der Waals surface area (Å²) in [6.45, 7) is 6.32. The van der Waals surface area contributed by atoms with Crippen molar-refractivity contribution in [1.29, 1.82) is 0 Å². The molecule has 1 unspecified atom stereocenters. The minimum absolute atomic E-state index is 0.140. The third kappa shape index (κ3) is 4.52. The van der Waals surface area contributed by atoms with Crippen LogP contribution in [-0.4, -0.2) is 34.5 Å².